The molecule has 4 nitrogen and oxygen atoms in total. The smallest absolute Gasteiger partial charge is 0.257 e. The molecule has 0 atom stereocenters. The van der Waals surface area contributed by atoms with Gasteiger partial charge in [0, 0.05) is 53.8 Å². The molecule has 0 N–H and O–H groups in total. The van der Waals surface area contributed by atoms with Crippen molar-refractivity contribution < 1.29 is 4.76 Å². The number of nitroso groups, excluding NO2 is 1. The third kappa shape index (κ3) is 8.02. The van der Waals surface area contributed by atoms with Gasteiger partial charge < -0.3 is 10.3 Å². The van der Waals surface area contributed by atoms with Crippen LogP contribution in [0.3, 0.4) is 0 Å². The van der Waals surface area contributed by atoms with Crippen molar-refractivity contribution in [3.8, 4) is 0 Å². The van der Waals surface area contributed by atoms with Gasteiger partial charge >= 0.3 is 0 Å². The number of hydrogen-bond acceptors (Lipinski definition) is 3. The molecule has 0 amide bonds. The van der Waals surface area contributed by atoms with E-state index < -0.39 is 11.1 Å². The molecule has 0 aliphatic carbocycles. The Labute approximate surface area is 250 Å². The first-order valence-electron chi connectivity index (χ1n) is 14.3. The van der Waals surface area contributed by atoms with Gasteiger partial charge in [-0.3, -0.25) is 0 Å². The van der Waals surface area contributed by atoms with Crippen molar-refractivity contribution in [3.05, 3.63) is 141 Å². The third-order valence-electron chi connectivity index (χ3n) is 6.78. The van der Waals surface area contributed by atoms with Crippen LogP contribution in [-0.4, -0.2) is 15.8 Å². The van der Waals surface area contributed by atoms with Gasteiger partial charge in [0.25, 0.3) is 5.69 Å². The zero-order valence-electron chi connectivity index (χ0n) is 25.4. The molecule has 4 aromatic carbocycles. The van der Waals surface area contributed by atoms with E-state index in [4.69, 9.17) is 0 Å². The summed E-state index contributed by atoms with van der Waals surface area (Å²) < 4.78 is 1.05. The SMILES string of the molecule is CC(C)(C)N([O-])c1ccc(/C=C/c2ccccc2)c(/C=C/c2ccc([N+](=O)C(C)(C)C)cc2/C=C/c2ccccc2)c1. The maximum Gasteiger partial charge on any atom is 0.257 e. The molecule has 0 saturated heterocycles. The van der Waals surface area contributed by atoms with E-state index in [0.29, 0.717) is 11.4 Å². The lowest BCUT2D eigenvalue weighted by Gasteiger charge is -2.43. The number of benzene rings is 4. The highest BCUT2D eigenvalue weighted by Crippen LogP contribution is 2.30. The highest BCUT2D eigenvalue weighted by molar-refractivity contribution is 5.84. The summed E-state index contributed by atoms with van der Waals surface area (Å²) in [5.74, 6) is 0. The summed E-state index contributed by atoms with van der Waals surface area (Å²) in [6.45, 7) is 11.4. The predicted molar refractivity (Wildman–Crippen MR) is 181 cm³/mol. The monoisotopic (exact) mass is 556 g/mol. The summed E-state index contributed by atoms with van der Waals surface area (Å²) in [5.41, 5.74) is 6.07. The average molecular weight is 557 g/mol. The Hall–Kier alpha value is -4.54. The van der Waals surface area contributed by atoms with Gasteiger partial charge in [-0.2, -0.15) is 0 Å². The van der Waals surface area contributed by atoms with Crippen molar-refractivity contribution in [1.82, 2.24) is 0 Å². The molecule has 0 spiro atoms. The second kappa shape index (κ2) is 13.0. The summed E-state index contributed by atoms with van der Waals surface area (Å²) in [6, 6.07) is 31.8. The molecule has 0 saturated carbocycles. The van der Waals surface area contributed by atoms with Gasteiger partial charge in [0.1, 0.15) is 0 Å². The van der Waals surface area contributed by atoms with Gasteiger partial charge in [0.2, 0.25) is 5.54 Å². The van der Waals surface area contributed by atoms with E-state index >= 15 is 0 Å². The predicted octanol–water partition coefficient (Wildman–Crippen LogP) is 10.5. The fourth-order valence-corrected chi connectivity index (χ4v) is 4.42. The molecule has 4 rings (SSSR count). The summed E-state index contributed by atoms with van der Waals surface area (Å²) in [6.07, 6.45) is 12.3. The standard InChI is InChI=1S/C38H40N2O2/c1-37(2,3)39(41)35-26-24-32(33(27-35)20-18-30-15-11-8-12-16-30)21-22-34-28-36(40(42)38(4,5)6)25-23-31(34)19-17-29-13-9-7-10-14-29/h7-28H,1-6H3/b19-17+,20-18+,22-21+. The van der Waals surface area contributed by atoms with Crippen LogP contribution >= 0.6 is 0 Å². The van der Waals surface area contributed by atoms with Crippen molar-refractivity contribution in [1.29, 1.82) is 0 Å². The van der Waals surface area contributed by atoms with Crippen molar-refractivity contribution in [2.75, 3.05) is 5.06 Å². The fraction of sp³-hybridized carbons (Fsp3) is 0.211. The molecule has 0 heterocycles. The average Bonchev–Trinajstić information content (AvgIpc) is 2.97. The maximum absolute atomic E-state index is 13.1. The Morgan fingerprint density at radius 2 is 1.02 bits per heavy atom. The Morgan fingerprint density at radius 3 is 1.55 bits per heavy atom. The van der Waals surface area contributed by atoms with E-state index in [1.807, 2.05) is 145 Å². The van der Waals surface area contributed by atoms with Crippen molar-refractivity contribution in [3.63, 3.8) is 0 Å². The zero-order valence-corrected chi connectivity index (χ0v) is 25.4. The first kappa shape index (κ1) is 30.4. The van der Waals surface area contributed by atoms with Crippen LogP contribution in [0.2, 0.25) is 0 Å². The minimum atomic E-state index is -0.565. The van der Waals surface area contributed by atoms with E-state index in [9.17, 15) is 10.1 Å². The van der Waals surface area contributed by atoms with Gasteiger partial charge in [0.15, 0.2) is 0 Å². The Balaban J connectivity index is 1.78. The van der Waals surface area contributed by atoms with E-state index in [0.717, 1.165) is 43.2 Å². The lowest BCUT2D eigenvalue weighted by molar-refractivity contribution is -0.540. The number of hydroxylamine groups is 1. The normalized spacial score (nSPS) is 12.5. The zero-order chi connectivity index (χ0) is 30.3. The fourth-order valence-electron chi connectivity index (χ4n) is 4.42. The van der Waals surface area contributed by atoms with Crippen LogP contribution in [0.1, 0.15) is 74.9 Å². The van der Waals surface area contributed by atoms with Gasteiger partial charge in [-0.1, -0.05) is 103 Å². The van der Waals surface area contributed by atoms with Crippen molar-refractivity contribution in [2.24, 2.45) is 0 Å². The molecule has 214 valence electrons. The molecule has 0 aliphatic heterocycles. The topological polar surface area (TPSA) is 46.4 Å². The molecular formula is C38H40N2O2. The molecule has 4 heteroatoms. The molecular weight excluding hydrogens is 516 g/mol. The molecule has 0 radical (unpaired) electrons. The number of nitrogens with zero attached hydrogens (tertiary/aromatic N) is 2. The highest BCUT2D eigenvalue weighted by Gasteiger charge is 2.31. The molecule has 4 aromatic rings. The van der Waals surface area contributed by atoms with Crippen LogP contribution in [0.5, 0.6) is 0 Å². The summed E-state index contributed by atoms with van der Waals surface area (Å²) >= 11 is 0. The number of rotatable bonds is 8. The van der Waals surface area contributed by atoms with Gasteiger partial charge in [-0.15, -0.1) is 0 Å². The largest absolute Gasteiger partial charge is 0.758 e. The van der Waals surface area contributed by atoms with E-state index in [2.05, 4.69) is 30.4 Å². The highest BCUT2D eigenvalue weighted by atomic mass is 16.5. The van der Waals surface area contributed by atoms with Crippen LogP contribution in [0, 0.1) is 10.1 Å². The Morgan fingerprint density at radius 1 is 0.571 bits per heavy atom. The molecule has 42 heavy (non-hydrogen) atoms. The minimum absolute atomic E-state index is 0.560. The van der Waals surface area contributed by atoms with E-state index in [1.54, 1.807) is 0 Å². The van der Waals surface area contributed by atoms with Gasteiger partial charge in [-0.05, 0) is 72.4 Å². The quantitative estimate of drug-likeness (QED) is 0.123. The van der Waals surface area contributed by atoms with Crippen molar-refractivity contribution in [2.45, 2.75) is 52.6 Å². The summed E-state index contributed by atoms with van der Waals surface area (Å²) in [5, 5.41) is 14.1. The molecule has 0 fully saturated rings. The first-order chi connectivity index (χ1) is 19.9. The van der Waals surface area contributed by atoms with Gasteiger partial charge in [-0.25, -0.2) is 0 Å². The lowest BCUT2D eigenvalue weighted by atomic mass is 9.99. The second-order valence-electron chi connectivity index (χ2n) is 12.4. The van der Waals surface area contributed by atoms with Gasteiger partial charge in [0.05, 0.1) is 0 Å². The number of anilines is 1. The summed E-state index contributed by atoms with van der Waals surface area (Å²) in [7, 11) is 0. The molecule has 0 aromatic heterocycles. The van der Waals surface area contributed by atoms with Crippen LogP contribution in [0.15, 0.2) is 97.1 Å². The van der Waals surface area contributed by atoms with Crippen LogP contribution in [0.25, 0.3) is 36.5 Å². The number of hydrogen-bond donors (Lipinski definition) is 0. The second-order valence-corrected chi connectivity index (χ2v) is 12.4. The first-order valence-corrected chi connectivity index (χ1v) is 14.3. The lowest BCUT2D eigenvalue weighted by Crippen LogP contribution is -2.36. The molecule has 0 bridgehead atoms. The minimum Gasteiger partial charge on any atom is -0.758 e. The third-order valence-corrected chi connectivity index (χ3v) is 6.78. The van der Waals surface area contributed by atoms with Crippen LogP contribution in [-0.2, 0) is 0 Å². The molecule has 0 unspecified atom stereocenters. The Bertz CT molecular complexity index is 1600. The van der Waals surface area contributed by atoms with Crippen LogP contribution in [0.4, 0.5) is 11.4 Å². The Kier molecular flexibility index (Phi) is 9.39. The summed E-state index contributed by atoms with van der Waals surface area (Å²) in [4.78, 5) is 13.0. The molecule has 0 aliphatic rings. The van der Waals surface area contributed by atoms with Crippen molar-refractivity contribution >= 4 is 47.8 Å². The van der Waals surface area contributed by atoms with E-state index in [1.165, 1.54) is 0 Å². The maximum atomic E-state index is 13.1. The van der Waals surface area contributed by atoms with E-state index in [-0.39, 0.29) is 0 Å². The van der Waals surface area contributed by atoms with Crippen LogP contribution < -0.4 is 5.06 Å².